The second-order valence-electron chi connectivity index (χ2n) is 5.69. The summed E-state index contributed by atoms with van der Waals surface area (Å²) in [6.45, 7) is 5.02. The zero-order valence-corrected chi connectivity index (χ0v) is 13.5. The smallest absolute Gasteiger partial charge is 0.409 e. The van der Waals surface area contributed by atoms with E-state index < -0.39 is 0 Å². The van der Waals surface area contributed by atoms with Crippen molar-refractivity contribution in [2.24, 2.45) is 7.05 Å². The van der Waals surface area contributed by atoms with Gasteiger partial charge >= 0.3 is 6.09 Å². The molecular formula is C17H21N3O3. The lowest BCUT2D eigenvalue weighted by Gasteiger charge is -2.35. The third-order valence-corrected chi connectivity index (χ3v) is 4.30. The Hall–Kier alpha value is -2.50. The van der Waals surface area contributed by atoms with Crippen molar-refractivity contribution in [3.8, 4) is 0 Å². The highest BCUT2D eigenvalue weighted by atomic mass is 16.6. The zero-order chi connectivity index (χ0) is 16.4. The molecule has 3 rings (SSSR count). The SMILES string of the molecule is CCOC(=O)N1CCN(c2ccc3c(c2)c(C=O)cn3C)CC1. The molecule has 2 aromatic rings. The van der Waals surface area contributed by atoms with Gasteiger partial charge in [0.2, 0.25) is 0 Å². The highest BCUT2D eigenvalue weighted by molar-refractivity contribution is 5.99. The van der Waals surface area contributed by atoms with E-state index >= 15 is 0 Å². The highest BCUT2D eigenvalue weighted by Crippen LogP contribution is 2.26. The normalized spacial score (nSPS) is 15.0. The molecule has 0 bridgehead atoms. The summed E-state index contributed by atoms with van der Waals surface area (Å²) in [4.78, 5) is 26.9. The first-order valence-corrected chi connectivity index (χ1v) is 7.85. The molecule has 1 saturated heterocycles. The van der Waals surface area contributed by atoms with Crippen molar-refractivity contribution in [3.05, 3.63) is 30.0 Å². The zero-order valence-electron chi connectivity index (χ0n) is 13.5. The van der Waals surface area contributed by atoms with Crippen molar-refractivity contribution >= 4 is 29.0 Å². The number of amides is 1. The molecule has 1 fully saturated rings. The molecule has 0 unspecified atom stereocenters. The number of hydrogen-bond acceptors (Lipinski definition) is 4. The quantitative estimate of drug-likeness (QED) is 0.815. The van der Waals surface area contributed by atoms with E-state index in [0.29, 0.717) is 25.3 Å². The number of benzene rings is 1. The molecule has 1 amide bonds. The number of aromatic nitrogens is 1. The van der Waals surface area contributed by atoms with E-state index in [2.05, 4.69) is 17.0 Å². The molecule has 6 heteroatoms. The van der Waals surface area contributed by atoms with Crippen LogP contribution >= 0.6 is 0 Å². The van der Waals surface area contributed by atoms with Gasteiger partial charge < -0.3 is 19.1 Å². The fourth-order valence-corrected chi connectivity index (χ4v) is 3.06. The maximum absolute atomic E-state index is 11.7. The Morgan fingerprint density at radius 1 is 1.26 bits per heavy atom. The maximum Gasteiger partial charge on any atom is 0.409 e. The molecule has 1 aliphatic heterocycles. The van der Waals surface area contributed by atoms with Crippen molar-refractivity contribution in [3.63, 3.8) is 0 Å². The van der Waals surface area contributed by atoms with Gasteiger partial charge in [-0.2, -0.15) is 0 Å². The van der Waals surface area contributed by atoms with Crippen molar-refractivity contribution in [2.75, 3.05) is 37.7 Å². The van der Waals surface area contributed by atoms with Gasteiger partial charge in [0.1, 0.15) is 0 Å². The monoisotopic (exact) mass is 315 g/mol. The van der Waals surface area contributed by atoms with Gasteiger partial charge in [-0.3, -0.25) is 4.79 Å². The highest BCUT2D eigenvalue weighted by Gasteiger charge is 2.22. The van der Waals surface area contributed by atoms with E-state index in [1.54, 1.807) is 4.90 Å². The first kappa shape index (κ1) is 15.4. The largest absolute Gasteiger partial charge is 0.450 e. The average molecular weight is 315 g/mol. The van der Waals surface area contributed by atoms with E-state index in [4.69, 9.17) is 4.74 Å². The number of piperazine rings is 1. The molecule has 122 valence electrons. The van der Waals surface area contributed by atoms with Crippen LogP contribution in [0.5, 0.6) is 0 Å². The van der Waals surface area contributed by atoms with Crippen LogP contribution in [0.25, 0.3) is 10.9 Å². The fraction of sp³-hybridized carbons (Fsp3) is 0.412. The van der Waals surface area contributed by atoms with Gasteiger partial charge in [-0.1, -0.05) is 0 Å². The molecule has 0 N–H and O–H groups in total. The Kier molecular flexibility index (Phi) is 4.23. The van der Waals surface area contributed by atoms with Crippen molar-refractivity contribution < 1.29 is 14.3 Å². The molecule has 1 aromatic heterocycles. The van der Waals surface area contributed by atoms with Crippen LogP contribution in [-0.2, 0) is 11.8 Å². The van der Waals surface area contributed by atoms with Gasteiger partial charge in [0.15, 0.2) is 6.29 Å². The molecule has 0 aliphatic carbocycles. The van der Waals surface area contributed by atoms with E-state index in [0.717, 1.165) is 36.0 Å². The molecule has 23 heavy (non-hydrogen) atoms. The summed E-state index contributed by atoms with van der Waals surface area (Å²) in [6.07, 6.45) is 2.50. The Balaban J connectivity index is 1.77. The third-order valence-electron chi connectivity index (χ3n) is 4.30. The summed E-state index contributed by atoms with van der Waals surface area (Å²) in [5, 5.41) is 0.966. The second-order valence-corrected chi connectivity index (χ2v) is 5.69. The van der Waals surface area contributed by atoms with Crippen molar-refractivity contribution in [1.29, 1.82) is 0 Å². The molecule has 0 spiro atoms. The van der Waals surface area contributed by atoms with Gasteiger partial charge in [0, 0.05) is 61.6 Å². The Labute approximate surface area is 135 Å². The van der Waals surface area contributed by atoms with E-state index in [1.165, 1.54) is 0 Å². The molecule has 0 saturated carbocycles. The van der Waals surface area contributed by atoms with Gasteiger partial charge in [0.05, 0.1) is 6.61 Å². The molecule has 2 heterocycles. The predicted octanol–water partition coefficient (Wildman–Crippen LogP) is 2.27. The van der Waals surface area contributed by atoms with Crippen molar-refractivity contribution in [2.45, 2.75) is 6.92 Å². The number of hydrogen-bond donors (Lipinski definition) is 0. The number of carbonyl (C=O) groups is 2. The number of anilines is 1. The van der Waals surface area contributed by atoms with Gasteiger partial charge in [-0.25, -0.2) is 4.79 Å². The van der Waals surface area contributed by atoms with Crippen LogP contribution in [0.2, 0.25) is 0 Å². The second kappa shape index (κ2) is 6.32. The number of nitrogens with zero attached hydrogens (tertiary/aromatic N) is 3. The summed E-state index contributed by atoms with van der Waals surface area (Å²) >= 11 is 0. The standard InChI is InChI=1S/C17H21N3O3/c1-3-23-17(22)20-8-6-19(7-9-20)14-4-5-16-15(10-14)13(12-21)11-18(16)2/h4-5,10-12H,3,6-9H2,1-2H3. The number of aryl methyl sites for hydroxylation is 1. The summed E-state index contributed by atoms with van der Waals surface area (Å²) in [5.74, 6) is 0. The molecule has 1 aliphatic rings. The number of ether oxygens (including phenoxy) is 1. The minimum atomic E-state index is -0.242. The topological polar surface area (TPSA) is 54.8 Å². The number of carbonyl (C=O) groups excluding carboxylic acids is 2. The van der Waals surface area contributed by atoms with Crippen LogP contribution in [0, 0.1) is 0 Å². The number of aldehydes is 1. The summed E-state index contributed by atoms with van der Waals surface area (Å²) < 4.78 is 7.00. The average Bonchev–Trinajstić information content (AvgIpc) is 2.91. The van der Waals surface area contributed by atoms with E-state index in [1.807, 2.05) is 30.8 Å². The lowest BCUT2D eigenvalue weighted by atomic mass is 10.1. The Morgan fingerprint density at radius 3 is 2.65 bits per heavy atom. The van der Waals surface area contributed by atoms with Gasteiger partial charge in [-0.05, 0) is 25.1 Å². The summed E-state index contributed by atoms with van der Waals surface area (Å²) in [6, 6.07) is 6.16. The Bertz CT molecular complexity index is 730. The predicted molar refractivity (Wildman–Crippen MR) is 89.1 cm³/mol. The Morgan fingerprint density at radius 2 is 2.00 bits per heavy atom. The first-order chi connectivity index (χ1) is 11.1. The number of fused-ring (bicyclic) bond motifs is 1. The lowest BCUT2D eigenvalue weighted by Crippen LogP contribution is -2.49. The molecule has 0 atom stereocenters. The van der Waals surface area contributed by atoms with E-state index in [9.17, 15) is 9.59 Å². The van der Waals surface area contributed by atoms with Crippen LogP contribution < -0.4 is 4.90 Å². The summed E-state index contributed by atoms with van der Waals surface area (Å²) in [7, 11) is 1.94. The number of rotatable bonds is 3. The van der Waals surface area contributed by atoms with Crippen LogP contribution in [0.1, 0.15) is 17.3 Å². The van der Waals surface area contributed by atoms with Gasteiger partial charge in [-0.15, -0.1) is 0 Å². The molecule has 1 aromatic carbocycles. The third kappa shape index (κ3) is 2.88. The van der Waals surface area contributed by atoms with Gasteiger partial charge in [0.25, 0.3) is 0 Å². The lowest BCUT2D eigenvalue weighted by molar-refractivity contribution is 0.105. The van der Waals surface area contributed by atoms with Crippen LogP contribution in [0.3, 0.4) is 0 Å². The summed E-state index contributed by atoms with van der Waals surface area (Å²) in [5.41, 5.74) is 2.82. The van der Waals surface area contributed by atoms with Crippen LogP contribution in [0.15, 0.2) is 24.4 Å². The first-order valence-electron chi connectivity index (χ1n) is 7.85. The maximum atomic E-state index is 11.7. The minimum absolute atomic E-state index is 0.242. The van der Waals surface area contributed by atoms with Crippen LogP contribution in [-0.4, -0.2) is 54.6 Å². The van der Waals surface area contributed by atoms with E-state index in [-0.39, 0.29) is 6.09 Å². The fourth-order valence-electron chi connectivity index (χ4n) is 3.06. The van der Waals surface area contributed by atoms with Crippen LogP contribution in [0.4, 0.5) is 10.5 Å². The molecular weight excluding hydrogens is 294 g/mol. The van der Waals surface area contributed by atoms with Crippen molar-refractivity contribution in [1.82, 2.24) is 9.47 Å². The molecule has 6 nitrogen and oxygen atoms in total. The minimum Gasteiger partial charge on any atom is -0.450 e. The molecule has 0 radical (unpaired) electrons.